The van der Waals surface area contributed by atoms with Crippen LogP contribution < -0.4 is 10.6 Å². The van der Waals surface area contributed by atoms with Crippen molar-refractivity contribution in [2.75, 3.05) is 5.32 Å². The molecule has 9 heteroatoms. The van der Waals surface area contributed by atoms with Crippen LogP contribution in [0.5, 0.6) is 0 Å². The molecular weight excluding hydrogens is 431 g/mol. The number of aromatic nitrogens is 1. The van der Waals surface area contributed by atoms with Gasteiger partial charge in [0, 0.05) is 15.8 Å². The lowest BCUT2D eigenvalue weighted by atomic mass is 10.0. The second-order valence-corrected chi connectivity index (χ2v) is 8.92. The zero-order valence-electron chi connectivity index (χ0n) is 15.5. The molecule has 0 radical (unpaired) electrons. The van der Waals surface area contributed by atoms with E-state index in [4.69, 9.17) is 0 Å². The predicted octanol–water partition coefficient (Wildman–Crippen LogP) is 6.21. The van der Waals surface area contributed by atoms with E-state index in [-0.39, 0.29) is 10.7 Å². The van der Waals surface area contributed by atoms with E-state index in [0.29, 0.717) is 26.4 Å². The summed E-state index contributed by atoms with van der Waals surface area (Å²) in [6.07, 6.45) is -5.06. The normalized spacial score (nSPS) is 16.3. The topological polar surface area (TPSA) is 54.0 Å². The minimum Gasteiger partial charge on any atom is -0.360 e. The van der Waals surface area contributed by atoms with Crippen LogP contribution in [-0.4, -0.2) is 10.9 Å². The molecule has 3 aromatic heterocycles. The number of nitrogens with zero attached hydrogens (tertiary/aromatic N) is 1. The highest BCUT2D eigenvalue weighted by Gasteiger charge is 2.36. The molecule has 0 fully saturated rings. The summed E-state index contributed by atoms with van der Waals surface area (Å²) in [5.74, 6) is -0.331. The van der Waals surface area contributed by atoms with Gasteiger partial charge in [-0.1, -0.05) is 35.9 Å². The van der Waals surface area contributed by atoms with Crippen molar-refractivity contribution in [2.24, 2.45) is 0 Å². The van der Waals surface area contributed by atoms with Crippen molar-refractivity contribution in [3.05, 3.63) is 69.5 Å². The van der Waals surface area contributed by atoms with Gasteiger partial charge < -0.3 is 10.6 Å². The van der Waals surface area contributed by atoms with Crippen molar-refractivity contribution in [2.45, 2.75) is 19.3 Å². The summed E-state index contributed by atoms with van der Waals surface area (Å²) in [4.78, 5) is 17.8. The van der Waals surface area contributed by atoms with Crippen molar-refractivity contribution in [1.29, 1.82) is 0 Å². The number of fused-ring (bicyclic) bond motifs is 3. The van der Waals surface area contributed by atoms with Crippen molar-refractivity contribution < 1.29 is 18.0 Å². The Kier molecular flexibility index (Phi) is 4.33. The Morgan fingerprint density at radius 1 is 1.10 bits per heavy atom. The summed E-state index contributed by atoms with van der Waals surface area (Å²) in [5, 5.41) is 8.54. The molecular formula is C21H14F3N3OS2. The van der Waals surface area contributed by atoms with E-state index in [0.717, 1.165) is 28.5 Å². The van der Waals surface area contributed by atoms with Crippen LogP contribution >= 0.6 is 22.7 Å². The standard InChI is InChI=1S/C21H14F3N3OS2/c1-10-4-6-11(7-5-10)18-26-16-15-12(13-3-2-8-29-13)9-14(21(22,23)24)25-20(15)30-17(16)19(28)27-18/h2-9,18,26H,1H3,(H,27,28)/t18-/m1/s1. The number of pyridine rings is 1. The molecule has 1 amide bonds. The number of hydrogen-bond acceptors (Lipinski definition) is 5. The first-order chi connectivity index (χ1) is 14.3. The van der Waals surface area contributed by atoms with E-state index < -0.39 is 18.0 Å². The summed E-state index contributed by atoms with van der Waals surface area (Å²) >= 11 is 2.31. The third-order valence-corrected chi connectivity index (χ3v) is 6.91. The fraction of sp³-hybridized carbons (Fsp3) is 0.143. The van der Waals surface area contributed by atoms with E-state index in [1.165, 1.54) is 11.3 Å². The van der Waals surface area contributed by atoms with Gasteiger partial charge in [-0.25, -0.2) is 4.98 Å². The van der Waals surface area contributed by atoms with Crippen molar-refractivity contribution >= 4 is 44.5 Å². The number of anilines is 1. The highest BCUT2D eigenvalue weighted by atomic mass is 32.1. The van der Waals surface area contributed by atoms with E-state index in [1.807, 2.05) is 36.6 Å². The molecule has 0 aliphatic carbocycles. The van der Waals surface area contributed by atoms with Crippen LogP contribution in [-0.2, 0) is 6.18 Å². The molecule has 30 heavy (non-hydrogen) atoms. The maximum absolute atomic E-state index is 13.5. The van der Waals surface area contributed by atoms with Crippen molar-refractivity contribution in [3.8, 4) is 10.4 Å². The number of carbonyl (C=O) groups excluding carboxylic acids is 1. The average Bonchev–Trinajstić information content (AvgIpc) is 3.35. The van der Waals surface area contributed by atoms with E-state index in [1.54, 1.807) is 12.1 Å². The van der Waals surface area contributed by atoms with Gasteiger partial charge in [0.05, 0.1) is 5.69 Å². The molecule has 1 aliphatic rings. The Morgan fingerprint density at radius 2 is 1.87 bits per heavy atom. The lowest BCUT2D eigenvalue weighted by Gasteiger charge is -2.26. The van der Waals surface area contributed by atoms with Crippen LogP contribution in [0.25, 0.3) is 20.7 Å². The molecule has 152 valence electrons. The van der Waals surface area contributed by atoms with Crippen LogP contribution in [0.4, 0.5) is 18.9 Å². The molecule has 1 atom stereocenters. The first-order valence-electron chi connectivity index (χ1n) is 9.04. The van der Waals surface area contributed by atoms with Gasteiger partial charge in [-0.05, 0) is 30.0 Å². The van der Waals surface area contributed by atoms with Crippen LogP contribution in [0.15, 0.2) is 47.8 Å². The first-order valence-corrected chi connectivity index (χ1v) is 10.7. The second-order valence-electron chi connectivity index (χ2n) is 6.98. The number of carbonyl (C=O) groups is 1. The number of thiophene rings is 2. The van der Waals surface area contributed by atoms with Gasteiger partial charge in [0.2, 0.25) is 0 Å². The number of hydrogen-bond donors (Lipinski definition) is 2. The molecule has 2 N–H and O–H groups in total. The maximum atomic E-state index is 13.5. The molecule has 4 heterocycles. The van der Waals surface area contributed by atoms with Gasteiger partial charge >= 0.3 is 6.18 Å². The lowest BCUT2D eigenvalue weighted by Crippen LogP contribution is -2.37. The molecule has 0 saturated heterocycles. The summed E-state index contributed by atoms with van der Waals surface area (Å²) in [6.45, 7) is 1.97. The minimum absolute atomic E-state index is 0.186. The zero-order valence-corrected chi connectivity index (χ0v) is 17.1. The fourth-order valence-corrected chi connectivity index (χ4v) is 5.28. The van der Waals surface area contributed by atoms with Crippen LogP contribution in [0.1, 0.15) is 32.7 Å². The van der Waals surface area contributed by atoms with E-state index in [9.17, 15) is 18.0 Å². The monoisotopic (exact) mass is 445 g/mol. The number of nitrogens with one attached hydrogen (secondary N) is 2. The molecule has 0 saturated carbocycles. The average molecular weight is 445 g/mol. The number of rotatable bonds is 2. The fourth-order valence-electron chi connectivity index (χ4n) is 3.47. The minimum atomic E-state index is -4.58. The Balaban J connectivity index is 1.72. The molecule has 1 aliphatic heterocycles. The Morgan fingerprint density at radius 3 is 2.53 bits per heavy atom. The van der Waals surface area contributed by atoms with Gasteiger partial charge in [-0.2, -0.15) is 13.2 Å². The number of benzene rings is 1. The second kappa shape index (κ2) is 6.82. The number of amides is 1. The van der Waals surface area contributed by atoms with Gasteiger partial charge in [-0.3, -0.25) is 4.79 Å². The molecule has 0 bridgehead atoms. The van der Waals surface area contributed by atoms with Crippen LogP contribution in [0, 0.1) is 6.92 Å². The molecule has 4 nitrogen and oxygen atoms in total. The largest absolute Gasteiger partial charge is 0.433 e. The predicted molar refractivity (Wildman–Crippen MR) is 113 cm³/mol. The maximum Gasteiger partial charge on any atom is 0.433 e. The molecule has 0 spiro atoms. The molecule has 1 aromatic carbocycles. The third-order valence-electron chi connectivity index (χ3n) is 4.92. The van der Waals surface area contributed by atoms with E-state index in [2.05, 4.69) is 15.6 Å². The van der Waals surface area contributed by atoms with E-state index >= 15 is 0 Å². The highest BCUT2D eigenvalue weighted by Crippen LogP contribution is 2.46. The van der Waals surface area contributed by atoms with Crippen LogP contribution in [0.3, 0.4) is 0 Å². The summed E-state index contributed by atoms with van der Waals surface area (Å²) in [7, 11) is 0. The van der Waals surface area contributed by atoms with Crippen LogP contribution in [0.2, 0.25) is 0 Å². The first kappa shape index (κ1) is 19.1. The SMILES string of the molecule is Cc1ccc([C@H]2NC(=O)c3sc4nc(C(F)(F)F)cc(-c5cccs5)c4c3N2)cc1. The van der Waals surface area contributed by atoms with Gasteiger partial charge in [-0.15, -0.1) is 22.7 Å². The summed E-state index contributed by atoms with van der Waals surface area (Å²) in [6, 6.07) is 12.3. The highest BCUT2D eigenvalue weighted by molar-refractivity contribution is 7.21. The van der Waals surface area contributed by atoms with Crippen molar-refractivity contribution in [1.82, 2.24) is 10.3 Å². The quantitative estimate of drug-likeness (QED) is 0.386. The Hall–Kier alpha value is -2.91. The Bertz CT molecular complexity index is 1260. The zero-order chi connectivity index (χ0) is 21.0. The summed E-state index contributed by atoms with van der Waals surface area (Å²) in [5.41, 5.74) is 1.93. The Labute approximate surface area is 177 Å². The number of aryl methyl sites for hydroxylation is 1. The number of alkyl halides is 3. The molecule has 5 rings (SSSR count). The lowest BCUT2D eigenvalue weighted by molar-refractivity contribution is -0.140. The van der Waals surface area contributed by atoms with Gasteiger partial charge in [0.1, 0.15) is 21.6 Å². The van der Waals surface area contributed by atoms with Crippen molar-refractivity contribution in [3.63, 3.8) is 0 Å². The summed E-state index contributed by atoms with van der Waals surface area (Å²) < 4.78 is 40.4. The molecule has 0 unspecified atom stereocenters. The molecule has 4 aromatic rings. The number of halogens is 3. The van der Waals surface area contributed by atoms with Gasteiger partial charge in [0.15, 0.2) is 0 Å². The third kappa shape index (κ3) is 3.14. The van der Waals surface area contributed by atoms with Gasteiger partial charge in [0.25, 0.3) is 5.91 Å². The smallest absolute Gasteiger partial charge is 0.360 e.